The van der Waals surface area contributed by atoms with Gasteiger partial charge >= 0.3 is 0 Å². The predicted octanol–water partition coefficient (Wildman–Crippen LogP) is 3.45. The zero-order valence-electron chi connectivity index (χ0n) is 11.2. The Hall–Kier alpha value is -1.15. The molecule has 0 aliphatic heterocycles. The van der Waals surface area contributed by atoms with Gasteiger partial charge in [0, 0.05) is 0 Å². The molecule has 2 heteroatoms. The van der Waals surface area contributed by atoms with E-state index < -0.39 is 0 Å². The molecule has 0 amide bonds. The van der Waals surface area contributed by atoms with E-state index in [0.717, 1.165) is 42.4 Å². The predicted molar refractivity (Wildman–Crippen MR) is 72.1 cm³/mol. The number of rotatable bonds is 7. The number of carbonyl (C=O) groups excluding carboxylic acids is 1. The molecule has 0 N–H and O–H groups in total. The number of benzene rings is 1. The van der Waals surface area contributed by atoms with Gasteiger partial charge in [-0.2, -0.15) is 0 Å². The maximum absolute atomic E-state index is 11.0. The van der Waals surface area contributed by atoms with Crippen molar-refractivity contribution in [2.75, 3.05) is 0 Å². The highest BCUT2D eigenvalue weighted by Crippen LogP contribution is 2.48. The Morgan fingerprint density at radius 2 is 1.89 bits per heavy atom. The molecule has 2 rings (SSSR count). The Morgan fingerprint density at radius 3 is 2.44 bits per heavy atom. The van der Waals surface area contributed by atoms with Gasteiger partial charge in [-0.1, -0.05) is 44.2 Å². The molecule has 1 saturated carbocycles. The second-order valence-corrected chi connectivity index (χ2v) is 5.43. The van der Waals surface area contributed by atoms with Crippen molar-refractivity contribution in [1.82, 2.24) is 0 Å². The van der Waals surface area contributed by atoms with Crippen molar-refractivity contribution in [1.29, 1.82) is 0 Å². The highest BCUT2D eigenvalue weighted by Gasteiger charge is 2.42. The van der Waals surface area contributed by atoms with Crippen LogP contribution in [-0.4, -0.2) is 12.4 Å². The molecular weight excluding hydrogens is 224 g/mol. The van der Waals surface area contributed by atoms with Crippen LogP contribution in [0.3, 0.4) is 0 Å². The molecule has 1 aliphatic rings. The van der Waals surface area contributed by atoms with Gasteiger partial charge in [-0.15, -0.1) is 0 Å². The van der Waals surface area contributed by atoms with Crippen molar-refractivity contribution < 1.29 is 9.53 Å². The van der Waals surface area contributed by atoms with E-state index in [1.165, 1.54) is 0 Å². The summed E-state index contributed by atoms with van der Waals surface area (Å²) in [6.07, 6.45) is 2.67. The first-order chi connectivity index (χ1) is 8.72. The van der Waals surface area contributed by atoms with Crippen molar-refractivity contribution >= 4 is 6.29 Å². The maximum atomic E-state index is 11.0. The minimum Gasteiger partial charge on any atom is -0.366 e. The lowest BCUT2D eigenvalue weighted by Crippen LogP contribution is -2.14. The molecule has 0 aromatic heterocycles. The molecule has 3 atom stereocenters. The topological polar surface area (TPSA) is 26.3 Å². The molecule has 0 saturated heterocycles. The first-order valence-electron chi connectivity index (χ1n) is 6.83. The van der Waals surface area contributed by atoms with E-state index in [9.17, 15) is 4.79 Å². The number of ether oxygens (including phenoxy) is 1. The van der Waals surface area contributed by atoms with Gasteiger partial charge in [-0.3, -0.25) is 0 Å². The summed E-state index contributed by atoms with van der Waals surface area (Å²) in [6.45, 7) is 5.10. The van der Waals surface area contributed by atoms with Crippen LogP contribution in [0.5, 0.6) is 0 Å². The summed E-state index contributed by atoms with van der Waals surface area (Å²) in [5.74, 6) is 2.45. The molecule has 0 spiro atoms. The fourth-order valence-corrected chi connectivity index (χ4v) is 2.62. The molecule has 0 bridgehead atoms. The molecule has 1 fully saturated rings. The van der Waals surface area contributed by atoms with Gasteiger partial charge in [0.15, 0.2) is 0 Å². The van der Waals surface area contributed by atoms with Crippen LogP contribution in [-0.2, 0) is 16.1 Å². The summed E-state index contributed by atoms with van der Waals surface area (Å²) in [4.78, 5) is 11.0. The molecule has 1 aromatic carbocycles. The number of hydrogen-bond acceptors (Lipinski definition) is 2. The van der Waals surface area contributed by atoms with Crippen LogP contribution in [0.25, 0.3) is 0 Å². The van der Waals surface area contributed by atoms with Crippen LogP contribution in [0.2, 0.25) is 0 Å². The van der Waals surface area contributed by atoms with E-state index in [1.807, 2.05) is 30.3 Å². The van der Waals surface area contributed by atoms with Crippen molar-refractivity contribution in [2.24, 2.45) is 17.8 Å². The van der Waals surface area contributed by atoms with Crippen molar-refractivity contribution in [3.05, 3.63) is 35.9 Å². The van der Waals surface area contributed by atoms with Gasteiger partial charge < -0.3 is 9.53 Å². The first-order valence-corrected chi connectivity index (χ1v) is 6.83. The molecule has 1 aromatic rings. The number of hydrogen-bond donors (Lipinski definition) is 0. The number of carbonyl (C=O) groups is 1. The SMILES string of the molecule is C[C@H]1C(CC[C@H](C=O)OCc2ccccc2)[C@@H]1C. The van der Waals surface area contributed by atoms with Crippen LogP contribution in [0.15, 0.2) is 30.3 Å². The Kier molecular flexibility index (Phi) is 4.54. The minimum atomic E-state index is -0.245. The maximum Gasteiger partial charge on any atom is 0.148 e. The smallest absolute Gasteiger partial charge is 0.148 e. The highest BCUT2D eigenvalue weighted by molar-refractivity contribution is 5.55. The summed E-state index contributed by atoms with van der Waals surface area (Å²) in [5.41, 5.74) is 1.12. The van der Waals surface area contributed by atoms with Crippen molar-refractivity contribution in [2.45, 2.75) is 39.4 Å². The van der Waals surface area contributed by atoms with Gasteiger partial charge in [0.25, 0.3) is 0 Å². The van der Waals surface area contributed by atoms with Crippen LogP contribution in [0, 0.1) is 17.8 Å². The fraction of sp³-hybridized carbons (Fsp3) is 0.562. The molecule has 98 valence electrons. The van der Waals surface area contributed by atoms with E-state index in [4.69, 9.17) is 4.74 Å². The quantitative estimate of drug-likeness (QED) is 0.689. The lowest BCUT2D eigenvalue weighted by atomic mass is 10.1. The zero-order chi connectivity index (χ0) is 13.0. The zero-order valence-corrected chi connectivity index (χ0v) is 11.2. The third-order valence-electron chi connectivity index (χ3n) is 4.28. The van der Waals surface area contributed by atoms with E-state index in [-0.39, 0.29) is 6.10 Å². The van der Waals surface area contributed by atoms with Gasteiger partial charge in [-0.05, 0) is 36.2 Å². The minimum absolute atomic E-state index is 0.245. The fourth-order valence-electron chi connectivity index (χ4n) is 2.62. The van der Waals surface area contributed by atoms with E-state index >= 15 is 0 Å². The Balaban J connectivity index is 1.71. The molecular formula is C16H22O2. The molecule has 1 aliphatic carbocycles. The summed E-state index contributed by atoms with van der Waals surface area (Å²) in [7, 11) is 0. The van der Waals surface area contributed by atoms with Gasteiger partial charge in [0.05, 0.1) is 6.61 Å². The summed E-state index contributed by atoms with van der Waals surface area (Å²) in [5, 5.41) is 0. The van der Waals surface area contributed by atoms with E-state index in [2.05, 4.69) is 13.8 Å². The number of aldehydes is 1. The summed E-state index contributed by atoms with van der Waals surface area (Å²) in [6, 6.07) is 10.0. The second kappa shape index (κ2) is 6.14. The molecule has 18 heavy (non-hydrogen) atoms. The second-order valence-electron chi connectivity index (χ2n) is 5.43. The first kappa shape index (κ1) is 13.3. The summed E-state index contributed by atoms with van der Waals surface area (Å²) >= 11 is 0. The Morgan fingerprint density at radius 1 is 1.22 bits per heavy atom. The normalized spacial score (nSPS) is 27.8. The van der Waals surface area contributed by atoms with E-state index in [1.54, 1.807) is 0 Å². The monoisotopic (exact) mass is 246 g/mol. The van der Waals surface area contributed by atoms with Crippen LogP contribution in [0.4, 0.5) is 0 Å². The van der Waals surface area contributed by atoms with Gasteiger partial charge in [-0.25, -0.2) is 0 Å². The summed E-state index contributed by atoms with van der Waals surface area (Å²) < 4.78 is 5.66. The van der Waals surface area contributed by atoms with Crippen LogP contribution in [0.1, 0.15) is 32.3 Å². The van der Waals surface area contributed by atoms with Crippen molar-refractivity contribution in [3.63, 3.8) is 0 Å². The lowest BCUT2D eigenvalue weighted by Gasteiger charge is -2.11. The highest BCUT2D eigenvalue weighted by atomic mass is 16.5. The molecule has 0 radical (unpaired) electrons. The Bertz CT molecular complexity index is 366. The lowest BCUT2D eigenvalue weighted by molar-refractivity contribution is -0.119. The van der Waals surface area contributed by atoms with Gasteiger partial charge in [0.2, 0.25) is 0 Å². The Labute approximate surface area is 109 Å². The van der Waals surface area contributed by atoms with Gasteiger partial charge in [0.1, 0.15) is 12.4 Å². The van der Waals surface area contributed by atoms with Crippen LogP contribution >= 0.6 is 0 Å². The third kappa shape index (κ3) is 3.42. The molecule has 2 nitrogen and oxygen atoms in total. The average Bonchev–Trinajstić information content (AvgIpc) is 2.98. The van der Waals surface area contributed by atoms with E-state index in [0.29, 0.717) is 6.61 Å². The standard InChI is InChI=1S/C16H22O2/c1-12-13(2)16(12)9-8-15(10-17)18-11-14-6-4-3-5-7-14/h3-7,10,12-13,15-16H,8-9,11H2,1-2H3/t12-,13-,15-/m1/s1. The molecule has 0 heterocycles. The average molecular weight is 246 g/mol. The molecule has 0 unspecified atom stereocenters. The largest absolute Gasteiger partial charge is 0.366 e. The van der Waals surface area contributed by atoms with Crippen LogP contribution < -0.4 is 0 Å². The third-order valence-corrected chi connectivity index (χ3v) is 4.28. The van der Waals surface area contributed by atoms with Crippen molar-refractivity contribution in [3.8, 4) is 0 Å².